The molecule has 0 aromatic rings. The Kier molecular flexibility index (Phi) is 3.28. The van der Waals surface area contributed by atoms with Crippen molar-refractivity contribution < 1.29 is 0 Å². The highest BCUT2D eigenvalue weighted by Crippen LogP contribution is 1.89. The molecule has 2 nitrogen and oxygen atoms in total. The maximum absolute atomic E-state index is 4.32. The summed E-state index contributed by atoms with van der Waals surface area (Å²) in [6.45, 7) is 6.17. The molecule has 0 saturated carbocycles. The van der Waals surface area contributed by atoms with Crippen molar-refractivity contribution in [3.05, 3.63) is 0 Å². The van der Waals surface area contributed by atoms with Crippen molar-refractivity contribution in [2.24, 2.45) is 4.99 Å². The fourth-order valence-corrected chi connectivity index (χ4v) is 0.489. The lowest BCUT2D eigenvalue weighted by molar-refractivity contribution is 0.606. The molecule has 9 heavy (non-hydrogen) atoms. The lowest BCUT2D eigenvalue weighted by Crippen LogP contribution is -2.19. The second kappa shape index (κ2) is 3.49. The van der Waals surface area contributed by atoms with E-state index >= 15 is 0 Å². The minimum atomic E-state index is 0.410. The van der Waals surface area contributed by atoms with Gasteiger partial charge in [0.15, 0.2) is 0 Å². The van der Waals surface area contributed by atoms with Gasteiger partial charge in [-0.1, -0.05) is 0 Å². The first-order valence-electron chi connectivity index (χ1n) is 3.25. The van der Waals surface area contributed by atoms with Crippen molar-refractivity contribution in [1.29, 1.82) is 0 Å². The molecular weight excluding hydrogens is 112 g/mol. The van der Waals surface area contributed by atoms with Crippen molar-refractivity contribution in [2.45, 2.75) is 26.8 Å². The molecule has 0 aliphatic heterocycles. The quantitative estimate of drug-likeness (QED) is 0.385. The Balaban J connectivity index is 3.84. The largest absolute Gasteiger partial charge is 0.367 e. The maximum atomic E-state index is 4.32. The summed E-state index contributed by atoms with van der Waals surface area (Å²) in [4.78, 5) is 6.33. The molecule has 0 aromatic heterocycles. The zero-order chi connectivity index (χ0) is 7.44. The molecule has 54 valence electrons. The molecule has 2 heteroatoms. The zero-order valence-electron chi connectivity index (χ0n) is 6.97. The van der Waals surface area contributed by atoms with Crippen LogP contribution in [0, 0.1) is 0 Å². The van der Waals surface area contributed by atoms with Gasteiger partial charge in [0, 0.05) is 20.1 Å². The smallest absolute Gasteiger partial charge is 0.0955 e. The fourth-order valence-electron chi connectivity index (χ4n) is 0.489. The molecule has 0 aliphatic carbocycles. The first kappa shape index (κ1) is 8.47. The summed E-state index contributed by atoms with van der Waals surface area (Å²) in [5.74, 6) is 1.09. The van der Waals surface area contributed by atoms with Crippen LogP contribution in [0.2, 0.25) is 0 Å². The van der Waals surface area contributed by atoms with Crippen molar-refractivity contribution in [1.82, 2.24) is 4.90 Å². The minimum Gasteiger partial charge on any atom is -0.367 e. The molecule has 0 aliphatic rings. The summed E-state index contributed by atoms with van der Waals surface area (Å²) in [5.41, 5.74) is 0. The molecule has 0 spiro atoms. The molecule has 0 rings (SSSR count). The van der Waals surface area contributed by atoms with E-state index < -0.39 is 0 Å². The Morgan fingerprint density at radius 3 is 1.89 bits per heavy atom. The molecule has 0 atom stereocenters. The van der Waals surface area contributed by atoms with Gasteiger partial charge < -0.3 is 4.90 Å². The fraction of sp³-hybridized carbons (Fsp3) is 0.857. The number of aliphatic imine (C=N–C) groups is 1. The van der Waals surface area contributed by atoms with E-state index in [0.29, 0.717) is 6.04 Å². The van der Waals surface area contributed by atoms with Crippen LogP contribution in [0.25, 0.3) is 0 Å². The monoisotopic (exact) mass is 128 g/mol. The first-order chi connectivity index (χ1) is 4.04. The Bertz CT molecular complexity index is 103. The van der Waals surface area contributed by atoms with Crippen molar-refractivity contribution >= 4 is 5.84 Å². The maximum Gasteiger partial charge on any atom is 0.0955 e. The number of rotatable bonds is 1. The SMILES string of the molecule is CC(=NC(C)C)N(C)C. The van der Waals surface area contributed by atoms with E-state index in [0.717, 1.165) is 5.84 Å². The van der Waals surface area contributed by atoms with Gasteiger partial charge in [0.2, 0.25) is 0 Å². The molecule has 0 fully saturated rings. The lowest BCUT2D eigenvalue weighted by atomic mass is 10.4. The van der Waals surface area contributed by atoms with Gasteiger partial charge in [-0.15, -0.1) is 0 Å². The van der Waals surface area contributed by atoms with Crippen LogP contribution in [-0.2, 0) is 0 Å². The molecule has 0 amide bonds. The Labute approximate surface area is 57.6 Å². The molecule has 0 saturated heterocycles. The highest BCUT2D eigenvalue weighted by Gasteiger charge is 1.92. The van der Waals surface area contributed by atoms with E-state index in [9.17, 15) is 0 Å². The summed E-state index contributed by atoms with van der Waals surface area (Å²) in [5, 5.41) is 0. The van der Waals surface area contributed by atoms with Gasteiger partial charge >= 0.3 is 0 Å². The van der Waals surface area contributed by atoms with E-state index in [-0.39, 0.29) is 0 Å². The van der Waals surface area contributed by atoms with Crippen LogP contribution < -0.4 is 0 Å². The number of hydrogen-bond acceptors (Lipinski definition) is 1. The first-order valence-corrected chi connectivity index (χ1v) is 3.25. The molecule has 0 radical (unpaired) electrons. The van der Waals surface area contributed by atoms with Crippen molar-refractivity contribution in [3.63, 3.8) is 0 Å². The lowest BCUT2D eigenvalue weighted by Gasteiger charge is -2.11. The highest BCUT2D eigenvalue weighted by atomic mass is 15.1. The summed E-state index contributed by atoms with van der Waals surface area (Å²) in [6, 6.07) is 0.410. The van der Waals surface area contributed by atoms with Crippen molar-refractivity contribution in [3.8, 4) is 0 Å². The second-order valence-electron chi connectivity index (χ2n) is 2.66. The molecule has 0 heterocycles. The van der Waals surface area contributed by atoms with Crippen LogP contribution >= 0.6 is 0 Å². The number of hydrogen-bond donors (Lipinski definition) is 0. The average Bonchev–Trinajstić information content (AvgIpc) is 1.63. The highest BCUT2D eigenvalue weighted by molar-refractivity contribution is 5.79. The van der Waals surface area contributed by atoms with Crippen LogP contribution in [0.4, 0.5) is 0 Å². The van der Waals surface area contributed by atoms with Crippen LogP contribution in [0.1, 0.15) is 20.8 Å². The van der Waals surface area contributed by atoms with Crippen LogP contribution in [0.15, 0.2) is 4.99 Å². The van der Waals surface area contributed by atoms with E-state index in [1.165, 1.54) is 0 Å². The number of amidine groups is 1. The summed E-state index contributed by atoms with van der Waals surface area (Å²) in [6.07, 6.45) is 0. The van der Waals surface area contributed by atoms with Gasteiger partial charge in [0.25, 0.3) is 0 Å². The van der Waals surface area contributed by atoms with Crippen LogP contribution in [0.5, 0.6) is 0 Å². The minimum absolute atomic E-state index is 0.410. The van der Waals surface area contributed by atoms with Gasteiger partial charge in [-0.3, -0.25) is 4.99 Å². The zero-order valence-corrected chi connectivity index (χ0v) is 6.97. The van der Waals surface area contributed by atoms with E-state index in [1.54, 1.807) is 0 Å². The Morgan fingerprint density at radius 2 is 1.78 bits per heavy atom. The molecule has 0 N–H and O–H groups in total. The van der Waals surface area contributed by atoms with Crippen LogP contribution in [0.3, 0.4) is 0 Å². The summed E-state index contributed by atoms with van der Waals surface area (Å²) in [7, 11) is 4.00. The third kappa shape index (κ3) is 4.01. The van der Waals surface area contributed by atoms with Gasteiger partial charge in [-0.2, -0.15) is 0 Å². The molecular formula is C7H16N2. The van der Waals surface area contributed by atoms with Crippen molar-refractivity contribution in [2.75, 3.05) is 14.1 Å². The molecule has 0 unspecified atom stereocenters. The summed E-state index contributed by atoms with van der Waals surface area (Å²) >= 11 is 0. The summed E-state index contributed by atoms with van der Waals surface area (Å²) < 4.78 is 0. The van der Waals surface area contributed by atoms with Crippen LogP contribution in [-0.4, -0.2) is 30.9 Å². The molecule has 0 bridgehead atoms. The topological polar surface area (TPSA) is 15.6 Å². The van der Waals surface area contributed by atoms with Gasteiger partial charge in [0.05, 0.1) is 5.84 Å². The van der Waals surface area contributed by atoms with E-state index in [4.69, 9.17) is 0 Å². The average molecular weight is 128 g/mol. The molecule has 0 aromatic carbocycles. The van der Waals surface area contributed by atoms with Gasteiger partial charge in [-0.25, -0.2) is 0 Å². The predicted octanol–water partition coefficient (Wildman–Crippen LogP) is 1.37. The van der Waals surface area contributed by atoms with E-state index in [1.807, 2.05) is 25.9 Å². The van der Waals surface area contributed by atoms with Gasteiger partial charge in [0.1, 0.15) is 0 Å². The third-order valence-corrected chi connectivity index (χ3v) is 1.09. The number of nitrogens with zero attached hydrogens (tertiary/aromatic N) is 2. The Morgan fingerprint density at radius 1 is 1.33 bits per heavy atom. The predicted molar refractivity (Wildman–Crippen MR) is 41.9 cm³/mol. The normalized spacial score (nSPS) is 12.4. The Hall–Kier alpha value is -0.530. The second-order valence-corrected chi connectivity index (χ2v) is 2.66. The van der Waals surface area contributed by atoms with E-state index in [2.05, 4.69) is 18.8 Å². The third-order valence-electron chi connectivity index (χ3n) is 1.09. The standard InChI is InChI=1S/C7H16N2/c1-6(2)8-7(3)9(4)5/h6H,1-5H3. The van der Waals surface area contributed by atoms with Gasteiger partial charge in [-0.05, 0) is 20.8 Å².